The van der Waals surface area contributed by atoms with E-state index in [-0.39, 0.29) is 18.2 Å². The molecule has 0 bridgehead atoms. The molecule has 2 rings (SSSR count). The third-order valence-electron chi connectivity index (χ3n) is 3.78. The number of halogens is 1. The zero-order chi connectivity index (χ0) is 14.2. The molecule has 3 nitrogen and oxygen atoms in total. The average molecular weight is 312 g/mol. The Bertz CT molecular complexity index is 431. The summed E-state index contributed by atoms with van der Waals surface area (Å²) in [6.45, 7) is 6.00. The molecular formula is C17H26ClNO2. The minimum Gasteiger partial charge on any atom is -0.491 e. The van der Waals surface area contributed by atoms with E-state index in [0.29, 0.717) is 13.0 Å². The second-order valence-electron chi connectivity index (χ2n) is 5.42. The number of likely N-dealkylation sites (tertiary alicyclic amines) is 1. The van der Waals surface area contributed by atoms with Crippen LogP contribution in [0.25, 0.3) is 0 Å². The average Bonchev–Trinajstić information content (AvgIpc) is 2.49. The molecule has 1 aliphatic rings. The van der Waals surface area contributed by atoms with Crippen molar-refractivity contribution < 1.29 is 9.53 Å². The van der Waals surface area contributed by atoms with Gasteiger partial charge in [-0.05, 0) is 44.5 Å². The highest BCUT2D eigenvalue weighted by molar-refractivity contribution is 5.98. The highest BCUT2D eigenvalue weighted by Gasteiger charge is 2.13. The summed E-state index contributed by atoms with van der Waals surface area (Å²) in [5.41, 5.74) is 0.730. The van der Waals surface area contributed by atoms with Crippen molar-refractivity contribution in [1.29, 1.82) is 0 Å². The van der Waals surface area contributed by atoms with E-state index in [4.69, 9.17) is 4.74 Å². The summed E-state index contributed by atoms with van der Waals surface area (Å²) in [5.74, 6) is 0.920. The Balaban J connectivity index is 0.00000220. The lowest BCUT2D eigenvalue weighted by molar-refractivity contribution is 0.0976. The van der Waals surface area contributed by atoms with Crippen LogP contribution in [0.5, 0.6) is 5.75 Å². The van der Waals surface area contributed by atoms with Crippen LogP contribution in [0.2, 0.25) is 0 Å². The van der Waals surface area contributed by atoms with E-state index in [0.717, 1.165) is 24.3 Å². The maximum atomic E-state index is 12.0. The Labute approximate surface area is 134 Å². The van der Waals surface area contributed by atoms with Gasteiger partial charge in [0.1, 0.15) is 12.4 Å². The molecule has 0 unspecified atom stereocenters. The number of nitrogens with zero attached hydrogens (tertiary/aromatic N) is 1. The standard InChI is InChI=1S/C17H25NO2.ClH/c1-2-8-16(19)15-9-4-5-10-17(15)20-14-13-18-11-6-3-7-12-18;/h4-5,9-10H,2-3,6-8,11-14H2,1H3;1H. The Kier molecular flexibility index (Phi) is 8.40. The van der Waals surface area contributed by atoms with Crippen LogP contribution in [0.1, 0.15) is 49.4 Å². The summed E-state index contributed by atoms with van der Waals surface area (Å²) in [6, 6.07) is 7.60. The molecule has 0 atom stereocenters. The summed E-state index contributed by atoms with van der Waals surface area (Å²) in [4.78, 5) is 14.5. The zero-order valence-corrected chi connectivity index (χ0v) is 13.7. The number of hydrogen-bond donors (Lipinski definition) is 0. The monoisotopic (exact) mass is 311 g/mol. The molecule has 0 aliphatic carbocycles. The van der Waals surface area contributed by atoms with Crippen molar-refractivity contribution >= 4 is 18.2 Å². The fourth-order valence-corrected chi connectivity index (χ4v) is 2.65. The zero-order valence-electron chi connectivity index (χ0n) is 12.8. The van der Waals surface area contributed by atoms with Gasteiger partial charge >= 0.3 is 0 Å². The molecule has 118 valence electrons. The maximum absolute atomic E-state index is 12.0. The van der Waals surface area contributed by atoms with Crippen molar-refractivity contribution in [3.8, 4) is 5.75 Å². The fraction of sp³-hybridized carbons (Fsp3) is 0.588. The van der Waals surface area contributed by atoms with Gasteiger partial charge in [-0.15, -0.1) is 12.4 Å². The third kappa shape index (κ3) is 5.68. The Hall–Kier alpha value is -1.06. The quantitative estimate of drug-likeness (QED) is 0.714. The number of para-hydroxylation sites is 1. The van der Waals surface area contributed by atoms with E-state index in [1.807, 2.05) is 31.2 Å². The molecule has 1 aliphatic heterocycles. The number of Topliss-reactive ketones (excluding diaryl/α,β-unsaturated/α-hetero) is 1. The van der Waals surface area contributed by atoms with Crippen LogP contribution in [0, 0.1) is 0 Å². The highest BCUT2D eigenvalue weighted by atomic mass is 35.5. The summed E-state index contributed by atoms with van der Waals surface area (Å²) in [7, 11) is 0. The lowest BCUT2D eigenvalue weighted by Crippen LogP contribution is -2.33. The molecule has 0 N–H and O–H groups in total. The molecule has 0 saturated carbocycles. The summed E-state index contributed by atoms with van der Waals surface area (Å²) < 4.78 is 5.84. The number of rotatable bonds is 7. The summed E-state index contributed by atoms with van der Waals surface area (Å²) in [6.07, 6.45) is 5.41. The molecule has 1 aromatic carbocycles. The number of ketones is 1. The first-order chi connectivity index (χ1) is 9.81. The lowest BCUT2D eigenvalue weighted by atomic mass is 10.1. The number of ether oxygens (including phenoxy) is 1. The first-order valence-corrected chi connectivity index (χ1v) is 7.78. The molecule has 21 heavy (non-hydrogen) atoms. The van der Waals surface area contributed by atoms with Gasteiger partial charge in [0.15, 0.2) is 5.78 Å². The molecule has 1 fully saturated rings. The van der Waals surface area contributed by atoms with E-state index in [1.54, 1.807) is 0 Å². The van der Waals surface area contributed by atoms with Gasteiger partial charge < -0.3 is 4.74 Å². The largest absolute Gasteiger partial charge is 0.491 e. The topological polar surface area (TPSA) is 29.5 Å². The predicted molar refractivity (Wildman–Crippen MR) is 88.7 cm³/mol. The van der Waals surface area contributed by atoms with E-state index in [9.17, 15) is 4.79 Å². The van der Waals surface area contributed by atoms with Crippen LogP contribution in [0.15, 0.2) is 24.3 Å². The van der Waals surface area contributed by atoms with Crippen molar-refractivity contribution in [2.24, 2.45) is 0 Å². The smallest absolute Gasteiger partial charge is 0.166 e. The maximum Gasteiger partial charge on any atom is 0.166 e. The number of hydrogen-bond acceptors (Lipinski definition) is 3. The van der Waals surface area contributed by atoms with Gasteiger partial charge in [0, 0.05) is 13.0 Å². The highest BCUT2D eigenvalue weighted by Crippen LogP contribution is 2.20. The number of piperidine rings is 1. The van der Waals surface area contributed by atoms with Gasteiger partial charge in [-0.1, -0.05) is 25.5 Å². The first-order valence-electron chi connectivity index (χ1n) is 7.78. The first kappa shape index (κ1) is 18.0. The molecular weight excluding hydrogens is 286 g/mol. The van der Waals surface area contributed by atoms with Crippen molar-refractivity contribution in [1.82, 2.24) is 4.90 Å². The van der Waals surface area contributed by atoms with E-state index < -0.39 is 0 Å². The molecule has 1 aromatic rings. The Morgan fingerprint density at radius 2 is 1.90 bits per heavy atom. The summed E-state index contributed by atoms with van der Waals surface area (Å²) in [5, 5.41) is 0. The Morgan fingerprint density at radius 3 is 2.62 bits per heavy atom. The van der Waals surface area contributed by atoms with E-state index in [2.05, 4.69) is 4.90 Å². The molecule has 1 saturated heterocycles. The van der Waals surface area contributed by atoms with Gasteiger partial charge in [-0.25, -0.2) is 0 Å². The van der Waals surface area contributed by atoms with E-state index in [1.165, 1.54) is 32.4 Å². The van der Waals surface area contributed by atoms with Gasteiger partial charge in [0.2, 0.25) is 0 Å². The SMILES string of the molecule is CCCC(=O)c1ccccc1OCCN1CCCCC1.Cl. The molecule has 4 heteroatoms. The number of benzene rings is 1. The molecule has 1 heterocycles. The summed E-state index contributed by atoms with van der Waals surface area (Å²) >= 11 is 0. The number of carbonyl (C=O) groups is 1. The van der Waals surface area contributed by atoms with Crippen LogP contribution in [-0.4, -0.2) is 36.9 Å². The van der Waals surface area contributed by atoms with Gasteiger partial charge in [-0.2, -0.15) is 0 Å². The van der Waals surface area contributed by atoms with Gasteiger partial charge in [0.05, 0.1) is 5.56 Å². The second-order valence-corrected chi connectivity index (χ2v) is 5.42. The minimum absolute atomic E-state index is 0. The van der Waals surface area contributed by atoms with Crippen LogP contribution < -0.4 is 4.74 Å². The van der Waals surface area contributed by atoms with Crippen LogP contribution in [0.4, 0.5) is 0 Å². The molecule has 0 spiro atoms. The van der Waals surface area contributed by atoms with Crippen molar-refractivity contribution in [3.63, 3.8) is 0 Å². The van der Waals surface area contributed by atoms with Crippen LogP contribution in [0.3, 0.4) is 0 Å². The lowest BCUT2D eigenvalue weighted by Gasteiger charge is -2.26. The van der Waals surface area contributed by atoms with Crippen molar-refractivity contribution in [2.45, 2.75) is 39.0 Å². The Morgan fingerprint density at radius 1 is 1.19 bits per heavy atom. The van der Waals surface area contributed by atoms with Crippen LogP contribution in [-0.2, 0) is 0 Å². The predicted octanol–water partition coefficient (Wildman–Crippen LogP) is 3.96. The van der Waals surface area contributed by atoms with Gasteiger partial charge in [-0.3, -0.25) is 9.69 Å². The number of carbonyl (C=O) groups excluding carboxylic acids is 1. The van der Waals surface area contributed by atoms with Crippen molar-refractivity contribution in [2.75, 3.05) is 26.2 Å². The normalized spacial score (nSPS) is 15.3. The van der Waals surface area contributed by atoms with Crippen molar-refractivity contribution in [3.05, 3.63) is 29.8 Å². The van der Waals surface area contributed by atoms with E-state index >= 15 is 0 Å². The fourth-order valence-electron chi connectivity index (χ4n) is 2.65. The van der Waals surface area contributed by atoms with Gasteiger partial charge in [0.25, 0.3) is 0 Å². The molecule has 0 radical (unpaired) electrons. The molecule has 0 amide bonds. The molecule has 0 aromatic heterocycles. The second kappa shape index (κ2) is 9.80. The third-order valence-corrected chi connectivity index (χ3v) is 3.78. The minimum atomic E-state index is 0. The van der Waals surface area contributed by atoms with Crippen LogP contribution >= 0.6 is 12.4 Å².